The number of hydrogen-bond donors (Lipinski definition) is 3. The van der Waals surface area contributed by atoms with Crippen LogP contribution in [0.1, 0.15) is 13.3 Å². The minimum atomic E-state index is -0.955. The van der Waals surface area contributed by atoms with Crippen molar-refractivity contribution >= 4 is 17.7 Å². The standard InChI is InChI=1S/C12H15FN2O3/c1-2-8(11(16)17)7-14-12(18)15-10-5-3-4-9(13)6-10/h3-6,8H,2,7H2,1H3,(H,16,17)(H2,14,15,18). The van der Waals surface area contributed by atoms with Crippen molar-refractivity contribution in [1.29, 1.82) is 0 Å². The zero-order valence-electron chi connectivity index (χ0n) is 9.94. The van der Waals surface area contributed by atoms with Gasteiger partial charge in [0.2, 0.25) is 0 Å². The number of carbonyl (C=O) groups is 2. The highest BCUT2D eigenvalue weighted by Gasteiger charge is 2.15. The lowest BCUT2D eigenvalue weighted by Gasteiger charge is -2.11. The molecule has 0 fully saturated rings. The van der Waals surface area contributed by atoms with Crippen LogP contribution in [0.5, 0.6) is 0 Å². The predicted octanol–water partition coefficient (Wildman–Crippen LogP) is 2.06. The molecule has 0 radical (unpaired) electrons. The fourth-order valence-electron chi connectivity index (χ4n) is 1.36. The number of rotatable bonds is 5. The van der Waals surface area contributed by atoms with Crippen molar-refractivity contribution in [2.75, 3.05) is 11.9 Å². The molecule has 2 amide bonds. The van der Waals surface area contributed by atoms with E-state index in [1.807, 2.05) is 0 Å². The monoisotopic (exact) mass is 254 g/mol. The van der Waals surface area contributed by atoms with Crippen molar-refractivity contribution in [3.05, 3.63) is 30.1 Å². The van der Waals surface area contributed by atoms with Crippen molar-refractivity contribution in [1.82, 2.24) is 5.32 Å². The molecule has 5 nitrogen and oxygen atoms in total. The zero-order chi connectivity index (χ0) is 13.5. The number of hydrogen-bond acceptors (Lipinski definition) is 2. The van der Waals surface area contributed by atoms with E-state index < -0.39 is 23.7 Å². The number of carboxylic acids is 1. The van der Waals surface area contributed by atoms with Gasteiger partial charge in [0, 0.05) is 12.2 Å². The third-order valence-electron chi connectivity index (χ3n) is 2.43. The summed E-state index contributed by atoms with van der Waals surface area (Å²) in [6, 6.07) is 4.89. The van der Waals surface area contributed by atoms with Gasteiger partial charge in [-0.05, 0) is 24.6 Å². The van der Waals surface area contributed by atoms with Gasteiger partial charge in [0.15, 0.2) is 0 Å². The number of urea groups is 1. The summed E-state index contributed by atoms with van der Waals surface area (Å²) < 4.78 is 12.8. The maximum Gasteiger partial charge on any atom is 0.319 e. The van der Waals surface area contributed by atoms with E-state index in [0.29, 0.717) is 12.1 Å². The first-order chi connectivity index (χ1) is 8.52. The van der Waals surface area contributed by atoms with Gasteiger partial charge in [-0.15, -0.1) is 0 Å². The van der Waals surface area contributed by atoms with E-state index in [2.05, 4.69) is 10.6 Å². The summed E-state index contributed by atoms with van der Waals surface area (Å²) in [4.78, 5) is 22.2. The van der Waals surface area contributed by atoms with E-state index >= 15 is 0 Å². The fraction of sp³-hybridized carbons (Fsp3) is 0.333. The van der Waals surface area contributed by atoms with E-state index in [0.717, 1.165) is 0 Å². The largest absolute Gasteiger partial charge is 0.481 e. The number of anilines is 1. The van der Waals surface area contributed by atoms with Crippen LogP contribution in [0, 0.1) is 11.7 Å². The molecule has 1 aromatic carbocycles. The third-order valence-corrected chi connectivity index (χ3v) is 2.43. The molecule has 98 valence electrons. The summed E-state index contributed by atoms with van der Waals surface area (Å²) in [5.41, 5.74) is 0.316. The van der Waals surface area contributed by atoms with Crippen molar-refractivity contribution < 1.29 is 19.1 Å². The zero-order valence-corrected chi connectivity index (χ0v) is 9.94. The predicted molar refractivity (Wildman–Crippen MR) is 64.8 cm³/mol. The molecule has 0 aliphatic heterocycles. The number of amides is 2. The normalized spacial score (nSPS) is 11.7. The average Bonchev–Trinajstić information content (AvgIpc) is 2.29. The van der Waals surface area contributed by atoms with Crippen molar-refractivity contribution in [3.63, 3.8) is 0 Å². The summed E-state index contributed by atoms with van der Waals surface area (Å²) in [6.07, 6.45) is 0.426. The maximum absolute atomic E-state index is 12.8. The lowest BCUT2D eigenvalue weighted by molar-refractivity contribution is -0.141. The van der Waals surface area contributed by atoms with Crippen molar-refractivity contribution in [3.8, 4) is 0 Å². The number of aliphatic carboxylic acids is 1. The van der Waals surface area contributed by atoms with Crippen LogP contribution in [-0.4, -0.2) is 23.7 Å². The molecule has 1 rings (SSSR count). The summed E-state index contributed by atoms with van der Waals surface area (Å²) in [5, 5.41) is 13.6. The summed E-state index contributed by atoms with van der Waals surface area (Å²) in [6.45, 7) is 1.76. The van der Waals surface area contributed by atoms with Crippen LogP contribution in [0.15, 0.2) is 24.3 Å². The molecule has 1 atom stereocenters. The van der Waals surface area contributed by atoms with Gasteiger partial charge < -0.3 is 15.7 Å². The third kappa shape index (κ3) is 4.40. The molecule has 1 aromatic rings. The van der Waals surface area contributed by atoms with E-state index in [4.69, 9.17) is 5.11 Å². The Hall–Kier alpha value is -2.11. The topological polar surface area (TPSA) is 78.4 Å². The number of carboxylic acid groups (broad SMARTS) is 1. The summed E-state index contributed by atoms with van der Waals surface area (Å²) in [7, 11) is 0. The number of halogens is 1. The molecule has 0 saturated heterocycles. The van der Waals surface area contributed by atoms with Gasteiger partial charge in [-0.25, -0.2) is 9.18 Å². The van der Waals surface area contributed by atoms with Crippen molar-refractivity contribution in [2.45, 2.75) is 13.3 Å². The van der Waals surface area contributed by atoms with Crippen LogP contribution < -0.4 is 10.6 Å². The first kappa shape index (κ1) is 14.0. The average molecular weight is 254 g/mol. The second kappa shape index (κ2) is 6.58. The lowest BCUT2D eigenvalue weighted by Crippen LogP contribution is -2.35. The highest BCUT2D eigenvalue weighted by atomic mass is 19.1. The van der Waals surface area contributed by atoms with Crippen LogP contribution in [0.25, 0.3) is 0 Å². The van der Waals surface area contributed by atoms with Gasteiger partial charge in [-0.3, -0.25) is 4.79 Å². The van der Waals surface area contributed by atoms with Gasteiger partial charge in [-0.1, -0.05) is 13.0 Å². The van der Waals surface area contributed by atoms with Crippen LogP contribution in [-0.2, 0) is 4.79 Å². The van der Waals surface area contributed by atoms with E-state index in [9.17, 15) is 14.0 Å². The van der Waals surface area contributed by atoms with Gasteiger partial charge >= 0.3 is 12.0 Å². The molecule has 0 spiro atoms. The second-order valence-corrected chi connectivity index (χ2v) is 3.79. The van der Waals surface area contributed by atoms with Gasteiger partial charge in [-0.2, -0.15) is 0 Å². The van der Waals surface area contributed by atoms with Crippen LogP contribution in [0.3, 0.4) is 0 Å². The fourth-order valence-corrected chi connectivity index (χ4v) is 1.36. The first-order valence-electron chi connectivity index (χ1n) is 5.56. The smallest absolute Gasteiger partial charge is 0.319 e. The molecule has 0 aliphatic rings. The minimum Gasteiger partial charge on any atom is -0.481 e. The van der Waals surface area contributed by atoms with Gasteiger partial charge in [0.05, 0.1) is 5.92 Å². The quantitative estimate of drug-likeness (QED) is 0.752. The molecule has 0 aliphatic carbocycles. The van der Waals surface area contributed by atoms with Crippen molar-refractivity contribution in [2.24, 2.45) is 5.92 Å². The first-order valence-corrected chi connectivity index (χ1v) is 5.56. The Morgan fingerprint density at radius 2 is 2.17 bits per heavy atom. The molecule has 0 heterocycles. The molecule has 6 heteroatoms. The highest BCUT2D eigenvalue weighted by molar-refractivity contribution is 5.89. The Morgan fingerprint density at radius 1 is 1.44 bits per heavy atom. The molecule has 3 N–H and O–H groups in total. The summed E-state index contributed by atoms with van der Waals surface area (Å²) >= 11 is 0. The van der Waals surface area contributed by atoms with E-state index in [-0.39, 0.29) is 6.54 Å². The summed E-state index contributed by atoms with van der Waals surface area (Å²) in [5.74, 6) is -2.03. The second-order valence-electron chi connectivity index (χ2n) is 3.79. The number of nitrogens with one attached hydrogen (secondary N) is 2. The molecular formula is C12H15FN2O3. The highest BCUT2D eigenvalue weighted by Crippen LogP contribution is 2.08. The van der Waals surface area contributed by atoms with Gasteiger partial charge in [0.25, 0.3) is 0 Å². The Labute approximate surface area is 104 Å². The van der Waals surface area contributed by atoms with Gasteiger partial charge in [0.1, 0.15) is 5.82 Å². The molecular weight excluding hydrogens is 239 g/mol. The Bertz CT molecular complexity index is 437. The Morgan fingerprint density at radius 3 is 2.72 bits per heavy atom. The van der Waals surface area contributed by atoms with E-state index in [1.54, 1.807) is 6.92 Å². The molecule has 0 aromatic heterocycles. The molecule has 1 unspecified atom stereocenters. The van der Waals surface area contributed by atoms with Crippen LogP contribution >= 0.6 is 0 Å². The lowest BCUT2D eigenvalue weighted by atomic mass is 10.1. The molecule has 0 bridgehead atoms. The van der Waals surface area contributed by atoms with Crippen LogP contribution in [0.4, 0.5) is 14.9 Å². The SMILES string of the molecule is CCC(CNC(=O)Nc1cccc(F)c1)C(=O)O. The molecule has 18 heavy (non-hydrogen) atoms. The Kier molecular flexibility index (Phi) is 5.10. The number of benzene rings is 1. The van der Waals surface area contributed by atoms with Crippen LogP contribution in [0.2, 0.25) is 0 Å². The minimum absolute atomic E-state index is 0.0347. The molecule has 0 saturated carbocycles. The number of carbonyl (C=O) groups excluding carboxylic acids is 1. The maximum atomic E-state index is 12.8. The van der Waals surface area contributed by atoms with E-state index in [1.165, 1.54) is 24.3 Å². The Balaban J connectivity index is 2.45.